The summed E-state index contributed by atoms with van der Waals surface area (Å²) in [6.45, 7) is 2.41. The standard InChI is InChI=1S/C20H20F3NO2/c21-20(22,23)16-4-2-1-3-14(16)12-25-15-5-6-18-17(11-15)19(13-26-18)7-9-24-10-8-19/h1-6,11,24H,7-10,12-13H2. The molecule has 2 aliphatic heterocycles. The van der Waals surface area contributed by atoms with Crippen molar-refractivity contribution in [3.8, 4) is 11.5 Å². The molecule has 1 N–H and O–H groups in total. The quantitative estimate of drug-likeness (QED) is 0.882. The largest absolute Gasteiger partial charge is 0.492 e. The third kappa shape index (κ3) is 3.14. The molecule has 4 rings (SSSR count). The van der Waals surface area contributed by atoms with E-state index in [1.165, 1.54) is 12.1 Å². The molecule has 2 aliphatic rings. The molecule has 2 heterocycles. The van der Waals surface area contributed by atoms with Gasteiger partial charge in [-0.25, -0.2) is 0 Å². The summed E-state index contributed by atoms with van der Waals surface area (Å²) in [5.41, 5.74) is 0.581. The highest BCUT2D eigenvalue weighted by atomic mass is 19.4. The van der Waals surface area contributed by atoms with Crippen LogP contribution in [0.3, 0.4) is 0 Å². The van der Waals surface area contributed by atoms with Crippen molar-refractivity contribution in [3.05, 3.63) is 59.2 Å². The number of hydrogen-bond donors (Lipinski definition) is 1. The molecule has 2 aromatic carbocycles. The van der Waals surface area contributed by atoms with E-state index in [0.717, 1.165) is 43.3 Å². The Bertz CT molecular complexity index is 792. The van der Waals surface area contributed by atoms with E-state index >= 15 is 0 Å². The molecule has 0 atom stereocenters. The zero-order valence-corrected chi connectivity index (χ0v) is 14.2. The van der Waals surface area contributed by atoms with Crippen molar-refractivity contribution in [3.63, 3.8) is 0 Å². The third-order valence-electron chi connectivity index (χ3n) is 5.30. The number of ether oxygens (including phenoxy) is 2. The Kier molecular flexibility index (Phi) is 4.31. The van der Waals surface area contributed by atoms with Crippen LogP contribution in [0.4, 0.5) is 13.2 Å². The lowest BCUT2D eigenvalue weighted by atomic mass is 9.75. The molecular formula is C20H20F3NO2. The Labute approximate surface area is 150 Å². The zero-order valence-electron chi connectivity index (χ0n) is 14.2. The Morgan fingerprint density at radius 2 is 1.85 bits per heavy atom. The average molecular weight is 363 g/mol. The summed E-state index contributed by atoms with van der Waals surface area (Å²) in [5, 5.41) is 3.35. The Morgan fingerprint density at radius 1 is 1.08 bits per heavy atom. The number of fused-ring (bicyclic) bond motifs is 2. The van der Waals surface area contributed by atoms with Gasteiger partial charge in [0.05, 0.1) is 12.2 Å². The normalized spacial score (nSPS) is 18.4. The minimum atomic E-state index is -4.38. The van der Waals surface area contributed by atoms with Gasteiger partial charge in [-0.2, -0.15) is 13.2 Å². The van der Waals surface area contributed by atoms with Gasteiger partial charge in [0.15, 0.2) is 0 Å². The minimum absolute atomic E-state index is 0.0101. The van der Waals surface area contributed by atoms with E-state index in [0.29, 0.717) is 12.4 Å². The molecule has 6 heteroatoms. The third-order valence-corrected chi connectivity index (χ3v) is 5.30. The minimum Gasteiger partial charge on any atom is -0.492 e. The topological polar surface area (TPSA) is 30.5 Å². The van der Waals surface area contributed by atoms with Crippen LogP contribution in [0.5, 0.6) is 11.5 Å². The fourth-order valence-electron chi connectivity index (χ4n) is 3.84. The molecular weight excluding hydrogens is 343 g/mol. The van der Waals surface area contributed by atoms with Gasteiger partial charge in [-0.3, -0.25) is 0 Å². The van der Waals surface area contributed by atoms with Gasteiger partial charge < -0.3 is 14.8 Å². The molecule has 1 fully saturated rings. The maximum absolute atomic E-state index is 13.1. The summed E-state index contributed by atoms with van der Waals surface area (Å²) in [6.07, 6.45) is -2.41. The van der Waals surface area contributed by atoms with E-state index < -0.39 is 11.7 Å². The number of nitrogens with one attached hydrogen (secondary N) is 1. The molecule has 0 bridgehead atoms. The molecule has 138 valence electrons. The monoisotopic (exact) mass is 363 g/mol. The van der Waals surface area contributed by atoms with Crippen molar-refractivity contribution in [1.82, 2.24) is 5.32 Å². The summed E-state index contributed by atoms with van der Waals surface area (Å²) < 4.78 is 50.9. The van der Waals surface area contributed by atoms with E-state index in [9.17, 15) is 13.2 Å². The molecule has 0 radical (unpaired) electrons. The van der Waals surface area contributed by atoms with Gasteiger partial charge in [-0.05, 0) is 50.2 Å². The van der Waals surface area contributed by atoms with E-state index in [-0.39, 0.29) is 17.6 Å². The summed E-state index contributed by atoms with van der Waals surface area (Å²) in [5.74, 6) is 1.43. The van der Waals surface area contributed by atoms with Crippen LogP contribution >= 0.6 is 0 Å². The Morgan fingerprint density at radius 3 is 2.62 bits per heavy atom. The van der Waals surface area contributed by atoms with E-state index in [2.05, 4.69) is 5.32 Å². The summed E-state index contributed by atoms with van der Waals surface area (Å²) in [7, 11) is 0. The molecule has 3 nitrogen and oxygen atoms in total. The lowest BCUT2D eigenvalue weighted by molar-refractivity contribution is -0.138. The van der Waals surface area contributed by atoms with Crippen LogP contribution in [0.1, 0.15) is 29.5 Å². The second-order valence-electron chi connectivity index (χ2n) is 6.92. The number of hydrogen-bond acceptors (Lipinski definition) is 3. The SMILES string of the molecule is FC(F)(F)c1ccccc1COc1ccc2c(c1)C1(CCNCC1)CO2. The highest BCUT2D eigenvalue weighted by molar-refractivity contribution is 5.48. The van der Waals surface area contributed by atoms with Gasteiger partial charge in [0.25, 0.3) is 0 Å². The summed E-state index contributed by atoms with van der Waals surface area (Å²) in [6, 6.07) is 11.1. The molecule has 1 spiro atoms. The van der Waals surface area contributed by atoms with Gasteiger partial charge in [-0.1, -0.05) is 18.2 Å². The van der Waals surface area contributed by atoms with Crippen molar-refractivity contribution in [2.24, 2.45) is 0 Å². The molecule has 0 aromatic heterocycles. The van der Waals surface area contributed by atoms with Gasteiger partial charge >= 0.3 is 6.18 Å². The van der Waals surface area contributed by atoms with Crippen molar-refractivity contribution < 1.29 is 22.6 Å². The maximum Gasteiger partial charge on any atom is 0.416 e. The molecule has 0 aliphatic carbocycles. The van der Waals surface area contributed by atoms with Gasteiger partial charge in [-0.15, -0.1) is 0 Å². The lowest BCUT2D eigenvalue weighted by Crippen LogP contribution is -2.40. The molecule has 2 aromatic rings. The van der Waals surface area contributed by atoms with E-state index in [1.54, 1.807) is 12.1 Å². The van der Waals surface area contributed by atoms with Crippen molar-refractivity contribution >= 4 is 0 Å². The van der Waals surface area contributed by atoms with Crippen LogP contribution in [0.2, 0.25) is 0 Å². The number of piperidine rings is 1. The Balaban J connectivity index is 1.55. The van der Waals surface area contributed by atoms with Crippen LogP contribution in [-0.2, 0) is 18.2 Å². The van der Waals surface area contributed by atoms with Gasteiger partial charge in [0.1, 0.15) is 18.1 Å². The van der Waals surface area contributed by atoms with E-state index in [1.807, 2.05) is 12.1 Å². The molecule has 0 amide bonds. The number of rotatable bonds is 3. The predicted molar refractivity (Wildman–Crippen MR) is 91.5 cm³/mol. The lowest BCUT2D eigenvalue weighted by Gasteiger charge is -2.32. The second kappa shape index (κ2) is 6.50. The molecule has 1 saturated heterocycles. The van der Waals surface area contributed by atoms with E-state index in [4.69, 9.17) is 9.47 Å². The van der Waals surface area contributed by atoms with Crippen LogP contribution in [0, 0.1) is 0 Å². The first-order valence-corrected chi connectivity index (χ1v) is 8.74. The summed E-state index contributed by atoms with van der Waals surface area (Å²) >= 11 is 0. The number of halogens is 3. The average Bonchev–Trinajstić information content (AvgIpc) is 2.98. The molecule has 26 heavy (non-hydrogen) atoms. The van der Waals surface area contributed by atoms with Crippen LogP contribution < -0.4 is 14.8 Å². The van der Waals surface area contributed by atoms with Gasteiger partial charge in [0.2, 0.25) is 0 Å². The number of alkyl halides is 3. The Hall–Kier alpha value is -2.21. The highest BCUT2D eigenvalue weighted by Gasteiger charge is 2.41. The first kappa shape index (κ1) is 17.2. The zero-order chi connectivity index (χ0) is 18.2. The van der Waals surface area contributed by atoms with Gasteiger partial charge in [0, 0.05) is 16.5 Å². The maximum atomic E-state index is 13.1. The highest BCUT2D eigenvalue weighted by Crippen LogP contribution is 2.45. The smallest absolute Gasteiger partial charge is 0.416 e. The first-order chi connectivity index (χ1) is 12.5. The van der Waals surface area contributed by atoms with Crippen LogP contribution in [0.15, 0.2) is 42.5 Å². The van der Waals surface area contributed by atoms with Crippen LogP contribution in [0.25, 0.3) is 0 Å². The summed E-state index contributed by atoms with van der Waals surface area (Å²) in [4.78, 5) is 0. The van der Waals surface area contributed by atoms with Crippen molar-refractivity contribution in [2.45, 2.75) is 31.0 Å². The van der Waals surface area contributed by atoms with Crippen molar-refractivity contribution in [1.29, 1.82) is 0 Å². The number of benzene rings is 2. The first-order valence-electron chi connectivity index (χ1n) is 8.74. The fraction of sp³-hybridized carbons (Fsp3) is 0.400. The second-order valence-corrected chi connectivity index (χ2v) is 6.92. The van der Waals surface area contributed by atoms with Crippen LogP contribution in [-0.4, -0.2) is 19.7 Å². The van der Waals surface area contributed by atoms with Crippen molar-refractivity contribution in [2.75, 3.05) is 19.7 Å². The fourth-order valence-corrected chi connectivity index (χ4v) is 3.84. The molecule has 0 saturated carbocycles. The molecule has 0 unspecified atom stereocenters. The predicted octanol–water partition coefficient (Wildman–Crippen LogP) is 4.30.